The van der Waals surface area contributed by atoms with Gasteiger partial charge in [-0.1, -0.05) is 0 Å². The van der Waals surface area contributed by atoms with Crippen molar-refractivity contribution in [3.05, 3.63) is 17.9 Å². The molecule has 1 aromatic heterocycles. The number of alkyl halides is 3. The Balaban J connectivity index is 2.65. The van der Waals surface area contributed by atoms with E-state index in [0.717, 1.165) is 0 Å². The molecule has 0 saturated carbocycles. The lowest BCUT2D eigenvalue weighted by molar-refractivity contribution is -0.142. The van der Waals surface area contributed by atoms with Crippen LogP contribution in [-0.4, -0.2) is 30.3 Å². The first kappa shape index (κ1) is 10.5. The molecular formula is C13H17BF3NO3. The molecule has 0 aromatic carbocycles. The number of pyridine rings is 1. The normalized spacial score (nSPS) is 24.7. The summed E-state index contributed by atoms with van der Waals surface area (Å²) in [6.45, 7) is 6.71. The van der Waals surface area contributed by atoms with Gasteiger partial charge in [-0.25, -0.2) is 4.98 Å². The Kier molecular flexibility index (Phi) is 2.43. The lowest BCUT2D eigenvalue weighted by Crippen LogP contribution is -2.41. The van der Waals surface area contributed by atoms with Crippen LogP contribution in [0, 0.1) is 0 Å². The number of aromatic nitrogens is 1. The van der Waals surface area contributed by atoms with Gasteiger partial charge in [0, 0.05) is 11.6 Å². The third-order valence-corrected chi connectivity index (χ3v) is 3.61. The molecule has 0 radical (unpaired) electrons. The van der Waals surface area contributed by atoms with Gasteiger partial charge < -0.3 is 14.0 Å². The van der Waals surface area contributed by atoms with E-state index >= 15 is 0 Å². The minimum Gasteiger partial charge on any atom is -0.495 e. The summed E-state index contributed by atoms with van der Waals surface area (Å²) in [4.78, 5) is 3.12. The van der Waals surface area contributed by atoms with Crippen molar-refractivity contribution in [3.63, 3.8) is 0 Å². The second kappa shape index (κ2) is 4.88. The van der Waals surface area contributed by atoms with Crippen LogP contribution in [0.5, 0.6) is 5.75 Å². The van der Waals surface area contributed by atoms with Gasteiger partial charge >= 0.3 is 13.3 Å². The summed E-state index contributed by atoms with van der Waals surface area (Å²) in [5.74, 6) is -1.29. The van der Waals surface area contributed by atoms with Crippen LogP contribution in [0.15, 0.2) is 12.2 Å². The first-order valence-electron chi connectivity index (χ1n) is 8.59. The maximum atomic E-state index is 13.2. The average molecular weight is 308 g/mol. The van der Waals surface area contributed by atoms with E-state index in [1.807, 2.05) is 0 Å². The number of methoxy groups -OCH3 is 1. The molecule has 2 rings (SSSR count). The van der Waals surface area contributed by atoms with Gasteiger partial charge in [-0.15, -0.1) is 0 Å². The van der Waals surface area contributed by atoms with E-state index in [0.29, 0.717) is 0 Å². The summed E-state index contributed by atoms with van der Waals surface area (Å²) in [5.41, 5.74) is -3.96. The predicted octanol–water partition coefficient (Wildman–Crippen LogP) is 2.41. The average Bonchev–Trinajstić information content (AvgIpc) is 2.58. The molecule has 0 atom stereocenters. The van der Waals surface area contributed by atoms with Crippen molar-refractivity contribution in [2.75, 3.05) is 7.04 Å². The van der Waals surface area contributed by atoms with Gasteiger partial charge in [-0.3, -0.25) is 0 Å². The molecule has 0 unspecified atom stereocenters. The van der Waals surface area contributed by atoms with Gasteiger partial charge in [0.15, 0.2) is 5.69 Å². The van der Waals surface area contributed by atoms with E-state index in [1.54, 1.807) is 27.7 Å². The molecule has 1 aliphatic rings. The van der Waals surface area contributed by atoms with Gasteiger partial charge in [0.1, 0.15) is 5.75 Å². The molecule has 1 fully saturated rings. The second-order valence-corrected chi connectivity index (χ2v) is 5.63. The van der Waals surface area contributed by atoms with Crippen molar-refractivity contribution in [1.82, 2.24) is 4.98 Å². The van der Waals surface area contributed by atoms with Crippen LogP contribution in [0.3, 0.4) is 0 Å². The first-order chi connectivity index (χ1) is 11.5. The smallest absolute Gasteiger partial charge is 0.495 e. The highest BCUT2D eigenvalue weighted by atomic mass is 19.4. The Bertz CT molecular complexity index is 708. The van der Waals surface area contributed by atoms with Gasteiger partial charge in [-0.2, -0.15) is 13.2 Å². The Morgan fingerprint density at radius 3 is 2.33 bits per heavy atom. The third kappa shape index (κ3) is 2.87. The topological polar surface area (TPSA) is 40.6 Å². The van der Waals surface area contributed by atoms with Crippen molar-refractivity contribution in [2.24, 2.45) is 0 Å². The molecule has 0 aliphatic carbocycles. The van der Waals surface area contributed by atoms with Crippen LogP contribution in [0.4, 0.5) is 13.2 Å². The van der Waals surface area contributed by atoms with E-state index < -0.39 is 60.7 Å². The van der Waals surface area contributed by atoms with Crippen LogP contribution in [-0.2, 0) is 15.5 Å². The van der Waals surface area contributed by atoms with Crippen molar-refractivity contribution in [2.45, 2.75) is 45.1 Å². The highest BCUT2D eigenvalue weighted by molar-refractivity contribution is 6.62. The fourth-order valence-corrected chi connectivity index (χ4v) is 1.71. The SMILES string of the molecule is [2H]c1nc(C(F)(F)F)c(OC([2H])([2H])[2H])c([2H])c1B1OC(C)(C)C(C)(C)O1. The zero-order chi connectivity index (χ0) is 20.3. The van der Waals surface area contributed by atoms with Gasteiger partial charge in [0.25, 0.3) is 0 Å². The standard InChI is InChI=1S/C13H17BF3NO3/c1-11(2)12(3,4)21-14(20-11)8-6-9(19-5)10(18-7-8)13(15,16)17/h6-7H,1-5H3/i5D3,6D,7D. The van der Waals surface area contributed by atoms with Gasteiger partial charge in [0.2, 0.25) is 0 Å². The number of rotatable bonds is 2. The quantitative estimate of drug-likeness (QED) is 0.787. The number of nitrogens with zero attached hydrogens (tertiary/aromatic N) is 1. The molecule has 116 valence electrons. The molecule has 0 N–H and O–H groups in total. The van der Waals surface area contributed by atoms with E-state index in [9.17, 15) is 13.2 Å². The molecule has 2 heterocycles. The summed E-state index contributed by atoms with van der Waals surface area (Å²) in [6, 6.07) is -0.966. The van der Waals surface area contributed by atoms with Crippen LogP contribution >= 0.6 is 0 Å². The van der Waals surface area contributed by atoms with Gasteiger partial charge in [-0.05, 0) is 33.7 Å². The Labute approximate surface area is 128 Å². The van der Waals surface area contributed by atoms with E-state index in [1.165, 1.54) is 0 Å². The fraction of sp³-hybridized carbons (Fsp3) is 0.615. The first-order valence-corrected chi connectivity index (χ1v) is 6.09. The van der Waals surface area contributed by atoms with E-state index in [-0.39, 0.29) is 0 Å². The minimum atomic E-state index is -5.11. The highest BCUT2D eigenvalue weighted by Gasteiger charge is 2.52. The molecule has 0 bridgehead atoms. The Morgan fingerprint density at radius 1 is 1.29 bits per heavy atom. The van der Waals surface area contributed by atoms with E-state index in [2.05, 4.69) is 9.72 Å². The minimum absolute atomic E-state index is 0.434. The Morgan fingerprint density at radius 2 is 1.86 bits per heavy atom. The molecular weight excluding hydrogens is 286 g/mol. The van der Waals surface area contributed by atoms with Crippen molar-refractivity contribution in [3.8, 4) is 5.75 Å². The van der Waals surface area contributed by atoms with Crippen molar-refractivity contribution >= 4 is 12.6 Å². The maximum absolute atomic E-state index is 13.2. The fourth-order valence-electron chi connectivity index (χ4n) is 1.71. The number of halogens is 3. The monoisotopic (exact) mass is 308 g/mol. The second-order valence-electron chi connectivity index (χ2n) is 5.63. The summed E-state index contributed by atoms with van der Waals surface area (Å²) < 4.78 is 92.2. The number of hydrogen-bond acceptors (Lipinski definition) is 4. The third-order valence-electron chi connectivity index (χ3n) is 3.61. The predicted molar refractivity (Wildman–Crippen MR) is 71.5 cm³/mol. The molecule has 1 aliphatic heterocycles. The largest absolute Gasteiger partial charge is 0.496 e. The van der Waals surface area contributed by atoms with Gasteiger partial charge in [0.05, 0.1) is 25.1 Å². The zero-order valence-electron chi connectivity index (χ0n) is 16.9. The molecule has 1 aromatic rings. The molecule has 0 amide bonds. The zero-order valence-corrected chi connectivity index (χ0v) is 11.9. The summed E-state index contributed by atoms with van der Waals surface area (Å²) in [7, 11) is -4.61. The summed E-state index contributed by atoms with van der Waals surface area (Å²) in [6.07, 6.45) is -6.01. The van der Waals surface area contributed by atoms with E-state index in [4.69, 9.17) is 16.2 Å². The number of ether oxygens (including phenoxy) is 1. The Hall–Kier alpha value is -1.28. The lowest BCUT2D eigenvalue weighted by atomic mass is 9.80. The van der Waals surface area contributed by atoms with Crippen LogP contribution < -0.4 is 10.2 Å². The molecule has 8 heteroatoms. The molecule has 4 nitrogen and oxygen atoms in total. The lowest BCUT2D eigenvalue weighted by Gasteiger charge is -2.32. The molecule has 0 spiro atoms. The van der Waals surface area contributed by atoms with Crippen LogP contribution in [0.2, 0.25) is 0 Å². The highest BCUT2D eigenvalue weighted by Crippen LogP contribution is 2.37. The van der Waals surface area contributed by atoms with Crippen LogP contribution in [0.1, 0.15) is 40.2 Å². The summed E-state index contributed by atoms with van der Waals surface area (Å²) in [5, 5.41) is 0. The maximum Gasteiger partial charge on any atom is 0.496 e. The number of hydrogen-bond donors (Lipinski definition) is 0. The van der Waals surface area contributed by atoms with Crippen molar-refractivity contribution in [1.29, 1.82) is 0 Å². The van der Waals surface area contributed by atoms with Crippen LogP contribution in [0.25, 0.3) is 0 Å². The summed E-state index contributed by atoms with van der Waals surface area (Å²) >= 11 is 0. The molecule has 21 heavy (non-hydrogen) atoms. The molecule has 1 saturated heterocycles. The van der Waals surface area contributed by atoms with Crippen molar-refractivity contribution < 1.29 is 34.1 Å².